The number of rotatable bonds is 9. The fourth-order valence-corrected chi connectivity index (χ4v) is 4.77. The second-order valence-corrected chi connectivity index (χ2v) is 10.1. The van der Waals surface area contributed by atoms with Crippen molar-refractivity contribution < 1.29 is 29.0 Å². The van der Waals surface area contributed by atoms with Gasteiger partial charge in [-0.1, -0.05) is 23.8 Å². The molecule has 5 rings (SSSR count). The normalized spacial score (nSPS) is 10.8. The van der Waals surface area contributed by atoms with Gasteiger partial charge in [-0.3, -0.25) is 9.59 Å². The van der Waals surface area contributed by atoms with Gasteiger partial charge in [0.1, 0.15) is 22.8 Å². The average Bonchev–Trinajstić information content (AvgIpc) is 2.97. The molecule has 0 unspecified atom stereocenters. The minimum atomic E-state index is -1.17. The van der Waals surface area contributed by atoms with Crippen LogP contribution in [-0.2, 0) is 4.79 Å². The lowest BCUT2D eigenvalue weighted by molar-refractivity contribution is -0.123. The fourth-order valence-electron chi connectivity index (χ4n) is 4.55. The highest BCUT2D eigenvalue weighted by Crippen LogP contribution is 2.42. The number of carboxylic acid groups (broad SMARTS) is 1. The number of aromatic hydroxyl groups is 1. The minimum Gasteiger partial charge on any atom is -0.508 e. The summed E-state index contributed by atoms with van der Waals surface area (Å²) in [5.74, 6) is -0.615. The zero-order valence-electron chi connectivity index (χ0n) is 23.0. The number of carbonyl (C=O) groups excluding carboxylic acids is 1. The SMILES string of the molecule is Cc1ccc(OCC(=O)NCCNC(=S)Nc2ccc(-c3c4ccc(=O)cc-4oc4cc(O)ccc34)c(C(=O)O)c2)cc1. The quantitative estimate of drug-likeness (QED) is 0.0914. The van der Waals surface area contributed by atoms with Crippen LogP contribution in [0.3, 0.4) is 0 Å². The average molecular weight is 598 g/mol. The van der Waals surface area contributed by atoms with Crippen LogP contribution >= 0.6 is 12.2 Å². The van der Waals surface area contributed by atoms with Crippen LogP contribution in [0.4, 0.5) is 5.69 Å². The number of anilines is 1. The predicted molar refractivity (Wildman–Crippen MR) is 167 cm³/mol. The van der Waals surface area contributed by atoms with E-state index in [1.807, 2.05) is 19.1 Å². The smallest absolute Gasteiger partial charge is 0.336 e. The fraction of sp³-hybridized carbons (Fsp3) is 0.125. The minimum absolute atomic E-state index is 0.0123. The summed E-state index contributed by atoms with van der Waals surface area (Å²) >= 11 is 5.35. The summed E-state index contributed by atoms with van der Waals surface area (Å²) in [7, 11) is 0. The Kier molecular flexibility index (Phi) is 8.54. The number of aryl methyl sites for hydroxylation is 1. The predicted octanol–water partition coefficient (Wildman–Crippen LogP) is 4.76. The molecule has 0 radical (unpaired) electrons. The summed E-state index contributed by atoms with van der Waals surface area (Å²) in [5.41, 5.74) is 3.03. The lowest BCUT2D eigenvalue weighted by atomic mass is 9.90. The number of nitrogens with one attached hydrogen (secondary N) is 3. The van der Waals surface area contributed by atoms with Crippen molar-refractivity contribution in [3.05, 3.63) is 100 Å². The lowest BCUT2D eigenvalue weighted by Crippen LogP contribution is -2.38. The van der Waals surface area contributed by atoms with Gasteiger partial charge in [0.2, 0.25) is 0 Å². The third kappa shape index (κ3) is 6.91. The first kappa shape index (κ1) is 29.1. The second-order valence-electron chi connectivity index (χ2n) is 9.71. The molecule has 2 aliphatic rings. The molecule has 0 saturated heterocycles. The van der Waals surface area contributed by atoms with Gasteiger partial charge in [0.05, 0.1) is 5.56 Å². The summed E-state index contributed by atoms with van der Waals surface area (Å²) in [5, 5.41) is 29.6. The first-order chi connectivity index (χ1) is 20.7. The van der Waals surface area contributed by atoms with Gasteiger partial charge in [-0.05, 0) is 73.2 Å². The summed E-state index contributed by atoms with van der Waals surface area (Å²) < 4.78 is 11.3. The Labute approximate surface area is 251 Å². The van der Waals surface area contributed by atoms with E-state index in [1.54, 1.807) is 36.4 Å². The zero-order chi connectivity index (χ0) is 30.5. The van der Waals surface area contributed by atoms with E-state index in [9.17, 15) is 24.6 Å². The number of carbonyl (C=O) groups is 2. The Hall–Kier alpha value is -5.42. The molecule has 0 saturated carbocycles. The lowest BCUT2D eigenvalue weighted by Gasteiger charge is -2.18. The van der Waals surface area contributed by atoms with Crippen molar-refractivity contribution in [1.82, 2.24) is 10.6 Å². The van der Waals surface area contributed by atoms with E-state index in [2.05, 4.69) is 16.0 Å². The molecule has 1 amide bonds. The third-order valence-electron chi connectivity index (χ3n) is 6.58. The highest BCUT2D eigenvalue weighted by atomic mass is 32.1. The van der Waals surface area contributed by atoms with E-state index in [-0.39, 0.29) is 46.7 Å². The highest BCUT2D eigenvalue weighted by molar-refractivity contribution is 7.80. The van der Waals surface area contributed by atoms with Crippen molar-refractivity contribution in [2.75, 3.05) is 25.0 Å². The van der Waals surface area contributed by atoms with Crippen LogP contribution in [0.15, 0.2) is 88.1 Å². The van der Waals surface area contributed by atoms with Gasteiger partial charge in [-0.15, -0.1) is 0 Å². The number of thiocarbonyl (C=S) groups is 1. The molecule has 218 valence electrons. The molecule has 3 aromatic rings. The second kappa shape index (κ2) is 12.6. The first-order valence-electron chi connectivity index (χ1n) is 13.3. The van der Waals surface area contributed by atoms with Crippen molar-refractivity contribution in [2.45, 2.75) is 6.92 Å². The summed E-state index contributed by atoms with van der Waals surface area (Å²) in [6, 6.07) is 21.0. The number of phenols is 1. The monoisotopic (exact) mass is 597 g/mol. The van der Waals surface area contributed by atoms with Gasteiger partial charge in [0, 0.05) is 47.4 Å². The molecule has 0 spiro atoms. The van der Waals surface area contributed by atoms with Crippen LogP contribution in [-0.4, -0.2) is 46.9 Å². The molecule has 3 aromatic carbocycles. The number of fused-ring (bicyclic) bond motifs is 2. The van der Waals surface area contributed by atoms with Crippen molar-refractivity contribution in [3.8, 4) is 33.9 Å². The molecular formula is C32H27N3O7S. The number of phenolic OH excluding ortho intramolecular Hbond substituents is 1. The number of ether oxygens (including phenoxy) is 1. The third-order valence-corrected chi connectivity index (χ3v) is 6.82. The van der Waals surface area contributed by atoms with Crippen molar-refractivity contribution in [2.24, 2.45) is 0 Å². The standard InChI is InChI=1S/C32H27N3O7S/c1-18-2-7-22(8-3-18)41-17-29(38)33-12-13-34-32(43)35-19-4-9-23(26(14-19)31(39)40)30-24-10-5-20(36)15-27(24)42-28-16-21(37)6-11-25(28)30/h2-11,14-16,36H,12-13,17H2,1H3,(H,33,38)(H,39,40)(H2,34,35,43). The van der Waals surface area contributed by atoms with E-state index >= 15 is 0 Å². The number of carboxylic acids is 1. The van der Waals surface area contributed by atoms with E-state index in [4.69, 9.17) is 21.4 Å². The maximum absolute atomic E-state index is 12.4. The van der Waals surface area contributed by atoms with Gasteiger partial charge >= 0.3 is 5.97 Å². The Morgan fingerprint density at radius 1 is 0.907 bits per heavy atom. The Balaban J connectivity index is 1.27. The van der Waals surface area contributed by atoms with Gasteiger partial charge in [-0.25, -0.2) is 4.79 Å². The summed E-state index contributed by atoms with van der Waals surface area (Å²) in [4.78, 5) is 36.5. The van der Waals surface area contributed by atoms with E-state index < -0.39 is 5.97 Å². The molecule has 0 atom stereocenters. The van der Waals surface area contributed by atoms with Gasteiger partial charge in [0.15, 0.2) is 17.1 Å². The van der Waals surface area contributed by atoms with E-state index in [0.29, 0.717) is 45.6 Å². The molecule has 11 heteroatoms. The molecule has 10 nitrogen and oxygen atoms in total. The molecular weight excluding hydrogens is 570 g/mol. The number of benzene rings is 4. The van der Waals surface area contributed by atoms with Gasteiger partial charge < -0.3 is 35.3 Å². The highest BCUT2D eigenvalue weighted by Gasteiger charge is 2.22. The largest absolute Gasteiger partial charge is 0.508 e. The summed E-state index contributed by atoms with van der Waals surface area (Å²) in [6.07, 6.45) is 0. The van der Waals surface area contributed by atoms with Crippen LogP contribution in [0, 0.1) is 6.92 Å². The number of amides is 1. The van der Waals surface area contributed by atoms with Crippen LogP contribution < -0.4 is 26.1 Å². The van der Waals surface area contributed by atoms with Crippen LogP contribution in [0.25, 0.3) is 33.4 Å². The maximum atomic E-state index is 12.4. The maximum Gasteiger partial charge on any atom is 0.336 e. The summed E-state index contributed by atoms with van der Waals surface area (Å²) in [6.45, 7) is 2.46. The molecule has 43 heavy (non-hydrogen) atoms. The van der Waals surface area contributed by atoms with Crippen LogP contribution in [0.2, 0.25) is 0 Å². The first-order valence-corrected chi connectivity index (χ1v) is 13.7. The van der Waals surface area contributed by atoms with Crippen LogP contribution in [0.1, 0.15) is 15.9 Å². The molecule has 0 bridgehead atoms. The van der Waals surface area contributed by atoms with Crippen molar-refractivity contribution >= 4 is 45.9 Å². The van der Waals surface area contributed by atoms with Crippen molar-refractivity contribution in [1.29, 1.82) is 0 Å². The Morgan fingerprint density at radius 2 is 1.65 bits per heavy atom. The molecule has 1 heterocycles. The molecule has 5 N–H and O–H groups in total. The van der Waals surface area contributed by atoms with E-state index in [1.165, 1.54) is 30.3 Å². The number of aromatic carboxylic acids is 1. The molecule has 0 aromatic heterocycles. The van der Waals surface area contributed by atoms with Gasteiger partial charge in [-0.2, -0.15) is 0 Å². The topological polar surface area (TPSA) is 150 Å². The number of hydrogen-bond acceptors (Lipinski definition) is 7. The Bertz CT molecular complexity index is 1870. The zero-order valence-corrected chi connectivity index (χ0v) is 23.8. The van der Waals surface area contributed by atoms with Crippen molar-refractivity contribution in [3.63, 3.8) is 0 Å². The van der Waals surface area contributed by atoms with Gasteiger partial charge in [0.25, 0.3) is 5.91 Å². The van der Waals surface area contributed by atoms with E-state index in [0.717, 1.165) is 5.56 Å². The molecule has 0 fully saturated rings. The molecule has 1 aliphatic carbocycles. The van der Waals surface area contributed by atoms with Crippen LogP contribution in [0.5, 0.6) is 11.5 Å². The number of hydrogen-bond donors (Lipinski definition) is 5. The molecule has 1 aliphatic heterocycles. The Morgan fingerprint density at radius 3 is 2.42 bits per heavy atom.